The fourth-order valence-electron chi connectivity index (χ4n) is 7.28. The van der Waals surface area contributed by atoms with Crippen LogP contribution < -0.4 is 9.64 Å². The van der Waals surface area contributed by atoms with Gasteiger partial charge in [-0.3, -0.25) is 0 Å². The standard InChI is InChI=1S/C49H32F3NO2/c50-49(51,52)55-41-27-21-36(22-28-41)43-17-10-18-46-48(43)44-30-24-38(32-47(44)54-46)42-29-23-37(34-13-6-2-7-14-34)31-45(42)53(39-15-8-3-9-16-39)40-25-19-35(20-26-40)33-11-4-1-5-12-33/h1-32H. The second-order valence-corrected chi connectivity index (χ2v) is 13.2. The maximum absolute atomic E-state index is 12.8. The van der Waals surface area contributed by atoms with Gasteiger partial charge >= 0.3 is 6.36 Å². The summed E-state index contributed by atoms with van der Waals surface area (Å²) in [7, 11) is 0. The van der Waals surface area contributed by atoms with Gasteiger partial charge in [0, 0.05) is 27.7 Å². The van der Waals surface area contributed by atoms with Crippen LogP contribution in [0.1, 0.15) is 0 Å². The molecule has 0 saturated heterocycles. The van der Waals surface area contributed by atoms with Crippen molar-refractivity contribution >= 4 is 39.0 Å². The molecule has 0 aliphatic rings. The molecular formula is C49H32F3NO2. The molecule has 8 aromatic carbocycles. The number of alkyl halides is 3. The lowest BCUT2D eigenvalue weighted by atomic mass is 9.95. The third-order valence-corrected chi connectivity index (χ3v) is 9.80. The Morgan fingerprint density at radius 1 is 0.418 bits per heavy atom. The normalized spacial score (nSPS) is 11.5. The number of hydrogen-bond donors (Lipinski definition) is 0. The highest BCUT2D eigenvalue weighted by Gasteiger charge is 2.31. The van der Waals surface area contributed by atoms with Crippen molar-refractivity contribution in [1.82, 2.24) is 0 Å². The number of nitrogens with zero attached hydrogens (tertiary/aromatic N) is 1. The average molecular weight is 724 g/mol. The highest BCUT2D eigenvalue weighted by Crippen LogP contribution is 2.45. The summed E-state index contributed by atoms with van der Waals surface area (Å²) in [5.74, 6) is -0.268. The molecule has 3 nitrogen and oxygen atoms in total. The smallest absolute Gasteiger partial charge is 0.456 e. The Hall–Kier alpha value is -7.05. The summed E-state index contributed by atoms with van der Waals surface area (Å²) in [5.41, 5.74) is 12.5. The highest BCUT2D eigenvalue weighted by molar-refractivity contribution is 6.13. The maximum atomic E-state index is 12.8. The Balaban J connectivity index is 1.19. The van der Waals surface area contributed by atoms with Crippen LogP contribution in [0.15, 0.2) is 199 Å². The van der Waals surface area contributed by atoms with E-state index >= 15 is 0 Å². The number of anilines is 3. The monoisotopic (exact) mass is 723 g/mol. The van der Waals surface area contributed by atoms with E-state index in [-0.39, 0.29) is 5.75 Å². The van der Waals surface area contributed by atoms with Crippen LogP contribution in [-0.2, 0) is 0 Å². The third kappa shape index (κ3) is 6.82. The molecule has 6 heteroatoms. The topological polar surface area (TPSA) is 25.6 Å². The summed E-state index contributed by atoms with van der Waals surface area (Å²) in [4.78, 5) is 2.30. The molecule has 1 heterocycles. The fourth-order valence-corrected chi connectivity index (χ4v) is 7.28. The number of ether oxygens (including phenoxy) is 1. The van der Waals surface area contributed by atoms with Crippen molar-refractivity contribution < 1.29 is 22.3 Å². The first-order valence-corrected chi connectivity index (χ1v) is 17.9. The molecule has 0 spiro atoms. The molecule has 0 saturated carbocycles. The van der Waals surface area contributed by atoms with Crippen molar-refractivity contribution in [2.45, 2.75) is 6.36 Å². The Labute approximate surface area is 316 Å². The molecule has 0 N–H and O–H groups in total. The van der Waals surface area contributed by atoms with E-state index in [0.29, 0.717) is 11.2 Å². The molecule has 9 aromatic rings. The van der Waals surface area contributed by atoms with E-state index < -0.39 is 6.36 Å². The summed E-state index contributed by atoms with van der Waals surface area (Å²) in [5, 5.41) is 1.79. The second-order valence-electron chi connectivity index (χ2n) is 13.2. The van der Waals surface area contributed by atoms with Gasteiger partial charge in [-0.25, -0.2) is 0 Å². The molecular weight excluding hydrogens is 692 g/mol. The average Bonchev–Trinajstić information content (AvgIpc) is 3.60. The van der Waals surface area contributed by atoms with E-state index in [1.54, 1.807) is 12.1 Å². The quantitative estimate of drug-likeness (QED) is 0.156. The molecule has 0 bridgehead atoms. The molecule has 55 heavy (non-hydrogen) atoms. The predicted molar refractivity (Wildman–Crippen MR) is 217 cm³/mol. The zero-order valence-corrected chi connectivity index (χ0v) is 29.4. The summed E-state index contributed by atoms with van der Waals surface area (Å²) < 4.78 is 49.1. The van der Waals surface area contributed by atoms with Crippen molar-refractivity contribution in [3.8, 4) is 50.3 Å². The lowest BCUT2D eigenvalue weighted by Crippen LogP contribution is -2.16. The molecule has 0 fully saturated rings. The molecule has 0 amide bonds. The molecule has 0 atom stereocenters. The van der Waals surface area contributed by atoms with Crippen molar-refractivity contribution in [2.24, 2.45) is 0 Å². The Bertz CT molecular complexity index is 2740. The molecule has 1 aromatic heterocycles. The van der Waals surface area contributed by atoms with Crippen LogP contribution in [-0.4, -0.2) is 6.36 Å². The zero-order chi connectivity index (χ0) is 37.4. The van der Waals surface area contributed by atoms with Crippen LogP contribution in [0.2, 0.25) is 0 Å². The number of furan rings is 1. The van der Waals surface area contributed by atoms with Crippen molar-refractivity contribution in [1.29, 1.82) is 0 Å². The van der Waals surface area contributed by atoms with Gasteiger partial charge in [0.25, 0.3) is 0 Å². The summed E-state index contributed by atoms with van der Waals surface area (Å²) >= 11 is 0. The van der Waals surface area contributed by atoms with E-state index in [1.165, 1.54) is 12.1 Å². The van der Waals surface area contributed by atoms with Crippen molar-refractivity contribution in [3.63, 3.8) is 0 Å². The number of hydrogen-bond acceptors (Lipinski definition) is 3. The number of halogens is 3. The predicted octanol–water partition coefficient (Wildman–Crippen LogP) is 14.6. The van der Waals surface area contributed by atoms with E-state index in [1.807, 2.05) is 36.4 Å². The van der Waals surface area contributed by atoms with Gasteiger partial charge in [-0.2, -0.15) is 0 Å². The van der Waals surface area contributed by atoms with Crippen LogP contribution in [0, 0.1) is 0 Å². The van der Waals surface area contributed by atoms with Gasteiger partial charge in [0.2, 0.25) is 0 Å². The third-order valence-electron chi connectivity index (χ3n) is 9.80. The zero-order valence-electron chi connectivity index (χ0n) is 29.4. The van der Waals surface area contributed by atoms with Crippen LogP contribution in [0.5, 0.6) is 5.75 Å². The van der Waals surface area contributed by atoms with E-state index in [2.05, 4.69) is 143 Å². The van der Waals surface area contributed by atoms with Gasteiger partial charge in [-0.1, -0.05) is 133 Å². The van der Waals surface area contributed by atoms with Gasteiger partial charge in [-0.05, 0) is 99.6 Å². The number of rotatable bonds is 8. The maximum Gasteiger partial charge on any atom is 0.573 e. The van der Waals surface area contributed by atoms with Gasteiger partial charge in [0.1, 0.15) is 16.9 Å². The van der Waals surface area contributed by atoms with Crippen molar-refractivity contribution in [2.75, 3.05) is 4.90 Å². The molecule has 0 unspecified atom stereocenters. The van der Waals surface area contributed by atoms with Gasteiger partial charge in [0.15, 0.2) is 0 Å². The van der Waals surface area contributed by atoms with Crippen LogP contribution >= 0.6 is 0 Å². The molecule has 0 aliphatic heterocycles. The molecule has 0 radical (unpaired) electrons. The Kier molecular flexibility index (Phi) is 8.63. The SMILES string of the molecule is FC(F)(F)Oc1ccc(-c2cccc3oc4cc(-c5ccc(-c6ccccc6)cc5N(c5ccccc5)c5ccc(-c6ccccc6)cc5)ccc4c23)cc1. The van der Waals surface area contributed by atoms with E-state index in [4.69, 9.17) is 4.42 Å². The van der Waals surface area contributed by atoms with Gasteiger partial charge in [0.05, 0.1) is 5.69 Å². The van der Waals surface area contributed by atoms with E-state index in [9.17, 15) is 13.2 Å². The molecule has 266 valence electrons. The first-order valence-electron chi connectivity index (χ1n) is 17.9. The van der Waals surface area contributed by atoms with Gasteiger partial charge in [-0.15, -0.1) is 13.2 Å². The minimum absolute atomic E-state index is 0.268. The number of benzene rings is 8. The minimum atomic E-state index is -4.76. The fraction of sp³-hybridized carbons (Fsp3) is 0.0204. The summed E-state index contributed by atoms with van der Waals surface area (Å²) in [6.45, 7) is 0. The Morgan fingerprint density at radius 3 is 1.65 bits per heavy atom. The van der Waals surface area contributed by atoms with Gasteiger partial charge < -0.3 is 14.1 Å². The summed E-state index contributed by atoms with van der Waals surface area (Å²) in [6, 6.07) is 64.3. The molecule has 0 aliphatic carbocycles. The number of fused-ring (bicyclic) bond motifs is 3. The Morgan fingerprint density at radius 2 is 0.982 bits per heavy atom. The summed E-state index contributed by atoms with van der Waals surface area (Å²) in [6.07, 6.45) is -4.76. The lowest BCUT2D eigenvalue weighted by molar-refractivity contribution is -0.274. The second kappa shape index (κ2) is 14.1. The van der Waals surface area contributed by atoms with Crippen LogP contribution in [0.4, 0.5) is 30.2 Å². The first kappa shape index (κ1) is 33.8. The number of para-hydroxylation sites is 1. The van der Waals surface area contributed by atoms with E-state index in [0.717, 1.165) is 72.3 Å². The molecule has 9 rings (SSSR count). The largest absolute Gasteiger partial charge is 0.573 e. The highest BCUT2D eigenvalue weighted by atomic mass is 19.4. The van der Waals surface area contributed by atoms with Crippen molar-refractivity contribution in [3.05, 3.63) is 194 Å². The van der Waals surface area contributed by atoms with Crippen LogP contribution in [0.3, 0.4) is 0 Å². The minimum Gasteiger partial charge on any atom is -0.456 e. The first-order chi connectivity index (χ1) is 26.9. The van der Waals surface area contributed by atoms with Crippen LogP contribution in [0.25, 0.3) is 66.4 Å². The lowest BCUT2D eigenvalue weighted by Gasteiger charge is -2.28.